The van der Waals surface area contributed by atoms with Gasteiger partial charge in [-0.3, -0.25) is 9.59 Å². The molecule has 4 atom stereocenters. The van der Waals surface area contributed by atoms with Crippen molar-refractivity contribution < 1.29 is 18.4 Å². The van der Waals surface area contributed by atoms with Gasteiger partial charge < -0.3 is 10.6 Å². The first kappa shape index (κ1) is 23.5. The lowest BCUT2D eigenvalue weighted by Gasteiger charge is -2.41. The lowest BCUT2D eigenvalue weighted by molar-refractivity contribution is -0.126. The minimum absolute atomic E-state index is 0.0183. The lowest BCUT2D eigenvalue weighted by Crippen LogP contribution is -2.42. The van der Waals surface area contributed by atoms with E-state index < -0.39 is 17.7 Å². The van der Waals surface area contributed by atoms with Crippen LogP contribution in [0.1, 0.15) is 82.7 Å². The first-order chi connectivity index (χ1) is 15.3. The third-order valence-corrected chi connectivity index (χ3v) is 8.27. The Labute approximate surface area is 193 Å². The van der Waals surface area contributed by atoms with Gasteiger partial charge in [0, 0.05) is 24.4 Å². The molecule has 32 heavy (non-hydrogen) atoms. The van der Waals surface area contributed by atoms with E-state index in [-0.39, 0.29) is 40.3 Å². The average Bonchev–Trinajstić information content (AvgIpc) is 3.19. The van der Waals surface area contributed by atoms with Gasteiger partial charge in [0.25, 0.3) is 0 Å². The molecule has 0 aliphatic heterocycles. The molecule has 0 spiro atoms. The molecule has 0 aromatic heterocycles. The Morgan fingerprint density at radius 2 is 1.78 bits per heavy atom. The van der Waals surface area contributed by atoms with E-state index in [2.05, 4.69) is 10.6 Å². The van der Waals surface area contributed by atoms with Crippen LogP contribution in [0.4, 0.5) is 8.78 Å². The number of hydrogen-bond acceptors (Lipinski definition) is 2. The summed E-state index contributed by atoms with van der Waals surface area (Å²) in [4.78, 5) is 24.6. The number of halogens is 3. The molecule has 4 saturated carbocycles. The van der Waals surface area contributed by atoms with Crippen LogP contribution in [0, 0.1) is 35.3 Å². The lowest BCUT2D eigenvalue weighted by atomic mass is 9.67. The molecule has 1 aromatic rings. The number of carbonyl (C=O) groups excluding carboxylic acids is 2. The average molecular weight is 467 g/mol. The SMILES string of the molecule is CC(=O)NC1CC[C@@H](C(=O)N[C@H](c2c(F)ccc(Cl)c2F)[C@H]2CCCC3CCC2CC3)C1. The number of nitrogens with one attached hydrogen (secondary N) is 2. The van der Waals surface area contributed by atoms with Gasteiger partial charge in [0.05, 0.1) is 11.1 Å². The molecule has 0 heterocycles. The molecule has 0 radical (unpaired) electrons. The predicted octanol–water partition coefficient (Wildman–Crippen LogP) is 5.69. The standard InChI is InChI=1S/C25H33ClF2N2O2/c1-14(31)29-18-10-9-17(13-18)25(32)30-24(22-21(27)12-11-20(26)23(22)28)19-4-2-3-15-5-7-16(19)8-6-15/h11-12,15-19,24H,2-10,13H2,1H3,(H,29,31)(H,30,32)/t15?,16?,17-,18?,19+,24+/m1/s1. The maximum Gasteiger partial charge on any atom is 0.223 e. The molecule has 4 fully saturated rings. The fraction of sp³-hybridized carbons (Fsp3) is 0.680. The molecule has 4 nitrogen and oxygen atoms in total. The van der Waals surface area contributed by atoms with Crippen LogP contribution in [-0.2, 0) is 9.59 Å². The number of amides is 2. The van der Waals surface area contributed by atoms with Crippen molar-refractivity contribution in [1.29, 1.82) is 0 Å². The molecule has 4 aliphatic rings. The highest BCUT2D eigenvalue weighted by molar-refractivity contribution is 6.30. The fourth-order valence-electron chi connectivity index (χ4n) is 6.35. The minimum atomic E-state index is -0.768. The molecular weight excluding hydrogens is 434 g/mol. The largest absolute Gasteiger partial charge is 0.354 e. The summed E-state index contributed by atoms with van der Waals surface area (Å²) in [5.41, 5.74) is -0.102. The van der Waals surface area contributed by atoms with E-state index in [1.165, 1.54) is 19.1 Å². The predicted molar refractivity (Wildman–Crippen MR) is 120 cm³/mol. The molecule has 0 saturated heterocycles. The van der Waals surface area contributed by atoms with Crippen LogP contribution in [0.5, 0.6) is 0 Å². The topological polar surface area (TPSA) is 58.2 Å². The van der Waals surface area contributed by atoms with Crippen molar-refractivity contribution in [3.8, 4) is 0 Å². The van der Waals surface area contributed by atoms with Gasteiger partial charge in [-0.2, -0.15) is 0 Å². The van der Waals surface area contributed by atoms with Gasteiger partial charge in [-0.1, -0.05) is 37.3 Å². The van der Waals surface area contributed by atoms with Crippen molar-refractivity contribution in [2.75, 3.05) is 0 Å². The van der Waals surface area contributed by atoms with Crippen LogP contribution >= 0.6 is 11.6 Å². The van der Waals surface area contributed by atoms with Crippen LogP contribution in [0.25, 0.3) is 0 Å². The van der Waals surface area contributed by atoms with Crippen LogP contribution in [-0.4, -0.2) is 17.9 Å². The van der Waals surface area contributed by atoms with Gasteiger partial charge in [0.15, 0.2) is 0 Å². The Morgan fingerprint density at radius 3 is 2.50 bits per heavy atom. The Morgan fingerprint density at radius 1 is 1.03 bits per heavy atom. The molecular formula is C25H33ClF2N2O2. The number of rotatable bonds is 5. The molecule has 2 bridgehead atoms. The van der Waals surface area contributed by atoms with Gasteiger partial charge in [-0.05, 0) is 68.4 Å². The van der Waals surface area contributed by atoms with Crippen molar-refractivity contribution in [3.05, 3.63) is 34.4 Å². The zero-order valence-electron chi connectivity index (χ0n) is 18.6. The zero-order valence-corrected chi connectivity index (χ0v) is 19.4. The van der Waals surface area contributed by atoms with E-state index in [0.717, 1.165) is 57.3 Å². The number of benzene rings is 1. The molecule has 5 rings (SSSR count). The van der Waals surface area contributed by atoms with Gasteiger partial charge >= 0.3 is 0 Å². The molecule has 2 N–H and O–H groups in total. The molecule has 7 heteroatoms. The molecule has 4 aliphatic carbocycles. The monoisotopic (exact) mass is 466 g/mol. The fourth-order valence-corrected chi connectivity index (χ4v) is 6.52. The van der Waals surface area contributed by atoms with Gasteiger partial charge in [-0.15, -0.1) is 0 Å². The highest BCUT2D eigenvalue weighted by Gasteiger charge is 2.40. The number of carbonyl (C=O) groups is 2. The number of fused-ring (bicyclic) bond motifs is 5. The van der Waals surface area contributed by atoms with E-state index in [9.17, 15) is 14.0 Å². The van der Waals surface area contributed by atoms with Gasteiger partial charge in [0.2, 0.25) is 11.8 Å². The van der Waals surface area contributed by atoms with Crippen molar-refractivity contribution in [1.82, 2.24) is 10.6 Å². The first-order valence-electron chi connectivity index (χ1n) is 12.0. The highest BCUT2D eigenvalue weighted by Crippen LogP contribution is 2.46. The Kier molecular flexibility index (Phi) is 7.38. The summed E-state index contributed by atoms with van der Waals surface area (Å²) >= 11 is 6.04. The van der Waals surface area contributed by atoms with Crippen molar-refractivity contribution in [2.45, 2.75) is 83.2 Å². The molecule has 1 unspecified atom stereocenters. The first-order valence-corrected chi connectivity index (χ1v) is 12.4. The van der Waals surface area contributed by atoms with Crippen molar-refractivity contribution in [3.63, 3.8) is 0 Å². The van der Waals surface area contributed by atoms with Gasteiger partial charge in [0.1, 0.15) is 11.6 Å². The summed E-state index contributed by atoms with van der Waals surface area (Å²) in [7, 11) is 0. The van der Waals surface area contributed by atoms with Crippen LogP contribution in [0.15, 0.2) is 12.1 Å². The van der Waals surface area contributed by atoms with Crippen LogP contribution in [0.3, 0.4) is 0 Å². The van der Waals surface area contributed by atoms with E-state index in [4.69, 9.17) is 11.6 Å². The van der Waals surface area contributed by atoms with E-state index in [1.807, 2.05) is 0 Å². The van der Waals surface area contributed by atoms with E-state index in [0.29, 0.717) is 18.8 Å². The maximum absolute atomic E-state index is 15.2. The van der Waals surface area contributed by atoms with E-state index in [1.54, 1.807) is 0 Å². The quantitative estimate of drug-likeness (QED) is 0.548. The summed E-state index contributed by atoms with van der Waals surface area (Å²) in [6.45, 7) is 1.47. The second-order valence-corrected chi connectivity index (χ2v) is 10.4. The molecule has 176 valence electrons. The van der Waals surface area contributed by atoms with Gasteiger partial charge in [-0.25, -0.2) is 8.78 Å². The summed E-state index contributed by atoms with van der Waals surface area (Å²) in [5, 5.41) is 5.82. The Bertz CT molecular complexity index is 854. The minimum Gasteiger partial charge on any atom is -0.354 e. The third-order valence-electron chi connectivity index (χ3n) is 7.97. The Hall–Kier alpha value is -1.69. The van der Waals surface area contributed by atoms with E-state index >= 15 is 4.39 Å². The van der Waals surface area contributed by atoms with Crippen LogP contribution in [0.2, 0.25) is 5.02 Å². The van der Waals surface area contributed by atoms with Crippen LogP contribution < -0.4 is 10.6 Å². The smallest absolute Gasteiger partial charge is 0.223 e. The molecule has 2 amide bonds. The summed E-state index contributed by atoms with van der Waals surface area (Å²) in [5.74, 6) is -0.904. The maximum atomic E-state index is 15.2. The third kappa shape index (κ3) is 5.11. The molecule has 1 aromatic carbocycles. The van der Waals surface area contributed by atoms with Crippen molar-refractivity contribution >= 4 is 23.4 Å². The zero-order chi connectivity index (χ0) is 22.8. The summed E-state index contributed by atoms with van der Waals surface area (Å²) < 4.78 is 30.1. The second kappa shape index (κ2) is 10.1. The summed E-state index contributed by atoms with van der Waals surface area (Å²) in [6.07, 6.45) is 9.33. The second-order valence-electron chi connectivity index (χ2n) is 10.0. The highest BCUT2D eigenvalue weighted by atomic mass is 35.5. The summed E-state index contributed by atoms with van der Waals surface area (Å²) in [6, 6.07) is 1.66. The number of hydrogen-bond donors (Lipinski definition) is 2. The van der Waals surface area contributed by atoms with Crippen molar-refractivity contribution in [2.24, 2.45) is 23.7 Å². The Balaban J connectivity index is 1.60. The normalized spacial score (nSPS) is 30.9.